The molecule has 0 aliphatic carbocycles. The van der Waals surface area contributed by atoms with Gasteiger partial charge in [-0.2, -0.15) is 0 Å². The van der Waals surface area contributed by atoms with E-state index in [1.54, 1.807) is 24.3 Å². The molecule has 2 amide bonds. The molecule has 0 aliphatic rings. The molecular formula is C19H25N3O2S. The maximum absolute atomic E-state index is 12.6. The van der Waals surface area contributed by atoms with E-state index in [1.165, 1.54) is 21.8 Å². The summed E-state index contributed by atoms with van der Waals surface area (Å²) in [6.45, 7) is 5.00. The van der Waals surface area contributed by atoms with E-state index in [4.69, 9.17) is 5.73 Å². The van der Waals surface area contributed by atoms with Gasteiger partial charge in [0.1, 0.15) is 0 Å². The van der Waals surface area contributed by atoms with E-state index in [0.29, 0.717) is 29.2 Å². The van der Waals surface area contributed by atoms with Crippen molar-refractivity contribution < 1.29 is 9.59 Å². The number of aryl methyl sites for hydroxylation is 2. The summed E-state index contributed by atoms with van der Waals surface area (Å²) in [6, 6.07) is 8.95. The summed E-state index contributed by atoms with van der Waals surface area (Å²) in [5.41, 5.74) is 7.59. The number of carbonyl (C=O) groups excluding carboxylic acids is 2. The van der Waals surface area contributed by atoms with Crippen molar-refractivity contribution in [2.45, 2.75) is 33.1 Å². The van der Waals surface area contributed by atoms with Crippen LogP contribution < -0.4 is 16.4 Å². The van der Waals surface area contributed by atoms with Crippen molar-refractivity contribution >= 4 is 28.8 Å². The molecule has 0 aliphatic heterocycles. The van der Waals surface area contributed by atoms with Crippen molar-refractivity contribution in [2.75, 3.05) is 18.4 Å². The molecule has 0 saturated carbocycles. The van der Waals surface area contributed by atoms with Crippen LogP contribution in [-0.2, 0) is 12.8 Å². The lowest BCUT2D eigenvalue weighted by Crippen LogP contribution is -2.29. The summed E-state index contributed by atoms with van der Waals surface area (Å²) in [6.07, 6.45) is 2.95. The molecule has 0 spiro atoms. The number of hydrogen-bond acceptors (Lipinski definition) is 4. The zero-order valence-electron chi connectivity index (χ0n) is 14.7. The second-order valence-corrected chi connectivity index (χ2v) is 6.84. The van der Waals surface area contributed by atoms with Crippen molar-refractivity contribution in [1.29, 1.82) is 0 Å². The van der Waals surface area contributed by atoms with Crippen LogP contribution in [-0.4, -0.2) is 24.9 Å². The highest BCUT2D eigenvalue weighted by Crippen LogP contribution is 2.26. The molecule has 2 rings (SSSR count). The van der Waals surface area contributed by atoms with Crippen LogP contribution in [0.3, 0.4) is 0 Å². The molecule has 0 atom stereocenters. The van der Waals surface area contributed by atoms with E-state index >= 15 is 0 Å². The fraction of sp³-hybridized carbons (Fsp3) is 0.368. The molecule has 0 saturated heterocycles. The van der Waals surface area contributed by atoms with Gasteiger partial charge in [-0.25, -0.2) is 0 Å². The van der Waals surface area contributed by atoms with Crippen LogP contribution in [0.25, 0.3) is 0 Å². The first-order chi connectivity index (χ1) is 12.1. The molecule has 0 bridgehead atoms. The Morgan fingerprint density at radius 1 is 1.16 bits per heavy atom. The molecule has 1 aromatic carbocycles. The maximum atomic E-state index is 12.6. The zero-order chi connectivity index (χ0) is 18.2. The molecular weight excluding hydrogens is 334 g/mol. The van der Waals surface area contributed by atoms with Gasteiger partial charge in [-0.1, -0.05) is 32.4 Å². The van der Waals surface area contributed by atoms with Crippen molar-refractivity contribution in [2.24, 2.45) is 5.73 Å². The number of nitrogens with one attached hydrogen (secondary N) is 2. The smallest absolute Gasteiger partial charge is 0.265 e. The fourth-order valence-corrected chi connectivity index (χ4v) is 3.82. The minimum Gasteiger partial charge on any atom is -0.351 e. The third kappa shape index (κ3) is 4.90. The van der Waals surface area contributed by atoms with Gasteiger partial charge < -0.3 is 16.4 Å². The molecule has 25 heavy (non-hydrogen) atoms. The van der Waals surface area contributed by atoms with E-state index in [9.17, 15) is 9.59 Å². The predicted octanol–water partition coefficient (Wildman–Crippen LogP) is 3.20. The lowest BCUT2D eigenvalue weighted by atomic mass is 10.1. The number of nitrogens with two attached hydrogens (primary N) is 1. The molecule has 0 unspecified atom stereocenters. The van der Waals surface area contributed by atoms with Crippen LogP contribution in [0.15, 0.2) is 30.3 Å². The van der Waals surface area contributed by atoms with E-state index in [0.717, 1.165) is 19.3 Å². The third-order valence-corrected chi connectivity index (χ3v) is 5.06. The Morgan fingerprint density at radius 3 is 2.60 bits per heavy atom. The Labute approximate surface area is 152 Å². The van der Waals surface area contributed by atoms with E-state index in [-0.39, 0.29) is 11.8 Å². The number of hydrogen-bond donors (Lipinski definition) is 3. The fourth-order valence-electron chi connectivity index (χ4n) is 2.57. The summed E-state index contributed by atoms with van der Waals surface area (Å²) in [7, 11) is 0. The number of anilines is 1. The highest BCUT2D eigenvalue weighted by Gasteiger charge is 2.17. The number of carbonyl (C=O) groups is 2. The number of amides is 2. The molecule has 1 aromatic heterocycles. The SMILES string of the molecule is CCCc1sc(C(=O)Nc2ccccc2C(=O)NCCN)cc1CC. The number of benzene rings is 1. The zero-order valence-corrected chi connectivity index (χ0v) is 15.5. The van der Waals surface area contributed by atoms with Gasteiger partial charge in [-0.15, -0.1) is 11.3 Å². The van der Waals surface area contributed by atoms with Gasteiger partial charge in [-0.3, -0.25) is 9.59 Å². The van der Waals surface area contributed by atoms with Crippen LogP contribution in [0.1, 0.15) is 50.7 Å². The predicted molar refractivity (Wildman–Crippen MR) is 103 cm³/mol. The highest BCUT2D eigenvalue weighted by atomic mass is 32.1. The summed E-state index contributed by atoms with van der Waals surface area (Å²) in [5, 5.41) is 5.60. The molecule has 0 fully saturated rings. The van der Waals surface area contributed by atoms with Gasteiger partial charge >= 0.3 is 0 Å². The minimum absolute atomic E-state index is 0.180. The Kier molecular flexibility index (Phi) is 7.16. The summed E-state index contributed by atoms with van der Waals surface area (Å²) >= 11 is 1.54. The van der Waals surface area contributed by atoms with Gasteiger partial charge in [-0.05, 0) is 36.6 Å². The topological polar surface area (TPSA) is 84.2 Å². The lowest BCUT2D eigenvalue weighted by Gasteiger charge is -2.10. The van der Waals surface area contributed by atoms with Gasteiger partial charge in [0.25, 0.3) is 11.8 Å². The Hall–Kier alpha value is -2.18. The quantitative estimate of drug-likeness (QED) is 0.677. The van der Waals surface area contributed by atoms with Crippen LogP contribution in [0.5, 0.6) is 0 Å². The van der Waals surface area contributed by atoms with Gasteiger partial charge in [0.2, 0.25) is 0 Å². The highest BCUT2D eigenvalue weighted by molar-refractivity contribution is 7.14. The van der Waals surface area contributed by atoms with Crippen LogP contribution >= 0.6 is 11.3 Å². The second-order valence-electron chi connectivity index (χ2n) is 5.71. The number of rotatable bonds is 8. The van der Waals surface area contributed by atoms with E-state index in [2.05, 4.69) is 24.5 Å². The average molecular weight is 359 g/mol. The first-order valence-corrected chi connectivity index (χ1v) is 9.42. The van der Waals surface area contributed by atoms with Gasteiger partial charge in [0.05, 0.1) is 16.1 Å². The normalized spacial score (nSPS) is 10.5. The van der Waals surface area contributed by atoms with Crippen LogP contribution in [0.2, 0.25) is 0 Å². The van der Waals surface area contributed by atoms with Crippen molar-refractivity contribution in [3.63, 3.8) is 0 Å². The average Bonchev–Trinajstić information content (AvgIpc) is 3.03. The van der Waals surface area contributed by atoms with E-state index in [1.807, 2.05) is 6.07 Å². The minimum atomic E-state index is -0.242. The second kappa shape index (κ2) is 9.34. The maximum Gasteiger partial charge on any atom is 0.265 e. The lowest BCUT2D eigenvalue weighted by molar-refractivity contribution is 0.0955. The van der Waals surface area contributed by atoms with Crippen LogP contribution in [0.4, 0.5) is 5.69 Å². The van der Waals surface area contributed by atoms with E-state index < -0.39 is 0 Å². The number of thiophene rings is 1. The molecule has 0 radical (unpaired) electrons. The first-order valence-electron chi connectivity index (χ1n) is 8.60. The monoisotopic (exact) mass is 359 g/mol. The molecule has 2 aromatic rings. The van der Waals surface area contributed by atoms with Crippen molar-refractivity contribution in [1.82, 2.24) is 5.32 Å². The van der Waals surface area contributed by atoms with Gasteiger partial charge in [0.15, 0.2) is 0 Å². The van der Waals surface area contributed by atoms with Crippen LogP contribution in [0, 0.1) is 0 Å². The molecule has 1 heterocycles. The Balaban J connectivity index is 2.19. The standard InChI is InChI=1S/C19H25N3O2S/c1-3-7-16-13(4-2)12-17(25-16)19(24)22-15-9-6-5-8-14(15)18(23)21-11-10-20/h5-6,8-9,12H,3-4,7,10-11,20H2,1-2H3,(H,21,23)(H,22,24). The molecule has 4 N–H and O–H groups in total. The summed E-state index contributed by atoms with van der Waals surface area (Å²) in [4.78, 5) is 26.8. The third-order valence-electron chi connectivity index (χ3n) is 3.83. The summed E-state index contributed by atoms with van der Waals surface area (Å²) < 4.78 is 0. The van der Waals surface area contributed by atoms with Crippen molar-refractivity contribution in [3.8, 4) is 0 Å². The van der Waals surface area contributed by atoms with Crippen molar-refractivity contribution in [3.05, 3.63) is 51.2 Å². The van der Waals surface area contributed by atoms with Gasteiger partial charge in [0, 0.05) is 18.0 Å². The summed E-state index contributed by atoms with van der Waals surface area (Å²) in [5.74, 6) is -0.422. The molecule has 5 nitrogen and oxygen atoms in total. The molecule has 134 valence electrons. The number of para-hydroxylation sites is 1. The molecule has 6 heteroatoms. The Morgan fingerprint density at radius 2 is 1.92 bits per heavy atom. The Bertz CT molecular complexity index is 740. The largest absolute Gasteiger partial charge is 0.351 e. The first kappa shape index (κ1) is 19.1.